The van der Waals surface area contributed by atoms with Crippen LogP contribution in [0, 0.1) is 5.92 Å². The van der Waals surface area contributed by atoms with Crippen molar-refractivity contribution >= 4 is 6.03 Å². The Bertz CT molecular complexity index is 615. The Labute approximate surface area is 161 Å². The highest BCUT2D eigenvalue weighted by atomic mass is 16.7. The summed E-state index contributed by atoms with van der Waals surface area (Å²) in [5.74, 6) is 2.05. The maximum absolute atomic E-state index is 12.3. The standard InChI is InChI=1S/C20H31N3O4/c1-3-16(4-2)17(23-7-9-25-10-8-23)13-22-20(24)21-12-15-5-6-18-19(11-15)27-14-26-18/h5-6,11,16-17H,3-4,7-10,12-14H2,1-2H3,(H2,21,22,24)/t17-/m0/s1. The van der Waals surface area contributed by atoms with Crippen LogP contribution in [-0.2, 0) is 11.3 Å². The van der Waals surface area contributed by atoms with Crippen LogP contribution in [0.3, 0.4) is 0 Å². The van der Waals surface area contributed by atoms with Gasteiger partial charge in [0.25, 0.3) is 0 Å². The van der Waals surface area contributed by atoms with Crippen LogP contribution in [-0.4, -0.2) is 56.6 Å². The largest absolute Gasteiger partial charge is 0.454 e. The molecule has 0 bridgehead atoms. The number of hydrogen-bond donors (Lipinski definition) is 2. The normalized spacial score (nSPS) is 17.7. The predicted molar refractivity (Wildman–Crippen MR) is 103 cm³/mol. The fourth-order valence-electron chi connectivity index (χ4n) is 3.83. The second-order valence-corrected chi connectivity index (χ2v) is 7.04. The van der Waals surface area contributed by atoms with Gasteiger partial charge in [-0.1, -0.05) is 32.8 Å². The highest BCUT2D eigenvalue weighted by Crippen LogP contribution is 2.32. The van der Waals surface area contributed by atoms with E-state index in [1.54, 1.807) is 0 Å². The molecule has 0 saturated carbocycles. The van der Waals surface area contributed by atoms with Gasteiger partial charge in [0.05, 0.1) is 13.2 Å². The predicted octanol–water partition coefficient (Wildman–Crippen LogP) is 2.35. The minimum Gasteiger partial charge on any atom is -0.454 e. The SMILES string of the molecule is CCC(CC)[C@H](CNC(=O)NCc1ccc2c(c1)OCO2)N1CCOCC1. The monoisotopic (exact) mass is 377 g/mol. The number of carbonyl (C=O) groups is 1. The van der Waals surface area contributed by atoms with E-state index in [1.165, 1.54) is 0 Å². The molecule has 7 heteroatoms. The van der Waals surface area contributed by atoms with Crippen LogP contribution < -0.4 is 20.1 Å². The second kappa shape index (κ2) is 9.80. The van der Waals surface area contributed by atoms with E-state index in [0.29, 0.717) is 25.0 Å². The van der Waals surface area contributed by atoms with Crippen molar-refractivity contribution in [2.45, 2.75) is 39.3 Å². The van der Waals surface area contributed by atoms with E-state index in [2.05, 4.69) is 29.4 Å². The van der Waals surface area contributed by atoms with Gasteiger partial charge in [0.2, 0.25) is 6.79 Å². The molecule has 1 saturated heterocycles. The molecule has 2 N–H and O–H groups in total. The highest BCUT2D eigenvalue weighted by molar-refractivity contribution is 5.73. The Morgan fingerprint density at radius 1 is 1.11 bits per heavy atom. The number of benzene rings is 1. The van der Waals surface area contributed by atoms with E-state index < -0.39 is 0 Å². The van der Waals surface area contributed by atoms with Gasteiger partial charge in [-0.15, -0.1) is 0 Å². The lowest BCUT2D eigenvalue weighted by Crippen LogP contribution is -2.53. The summed E-state index contributed by atoms with van der Waals surface area (Å²) in [7, 11) is 0. The minimum atomic E-state index is -0.142. The molecule has 0 aromatic heterocycles. The minimum absolute atomic E-state index is 0.142. The van der Waals surface area contributed by atoms with Crippen molar-refractivity contribution in [1.29, 1.82) is 0 Å². The van der Waals surface area contributed by atoms with Crippen molar-refractivity contribution in [2.24, 2.45) is 5.92 Å². The van der Waals surface area contributed by atoms with E-state index in [9.17, 15) is 4.79 Å². The number of fused-ring (bicyclic) bond motifs is 1. The van der Waals surface area contributed by atoms with Crippen LogP contribution in [0.15, 0.2) is 18.2 Å². The Morgan fingerprint density at radius 3 is 2.59 bits per heavy atom. The molecule has 0 unspecified atom stereocenters. The molecular weight excluding hydrogens is 346 g/mol. The van der Waals surface area contributed by atoms with Crippen molar-refractivity contribution in [2.75, 3.05) is 39.6 Å². The van der Waals surface area contributed by atoms with E-state index in [0.717, 1.165) is 56.2 Å². The molecule has 27 heavy (non-hydrogen) atoms. The average molecular weight is 377 g/mol. The first-order valence-corrected chi connectivity index (χ1v) is 9.93. The third kappa shape index (κ3) is 5.26. The first-order chi connectivity index (χ1) is 13.2. The summed E-state index contributed by atoms with van der Waals surface area (Å²) in [6.45, 7) is 9.21. The van der Waals surface area contributed by atoms with Gasteiger partial charge in [0.1, 0.15) is 0 Å². The van der Waals surface area contributed by atoms with Crippen molar-refractivity contribution in [3.63, 3.8) is 0 Å². The maximum Gasteiger partial charge on any atom is 0.315 e. The van der Waals surface area contributed by atoms with Crippen LogP contribution >= 0.6 is 0 Å². The van der Waals surface area contributed by atoms with Gasteiger partial charge in [0.15, 0.2) is 11.5 Å². The fourth-order valence-corrected chi connectivity index (χ4v) is 3.83. The van der Waals surface area contributed by atoms with Gasteiger partial charge in [-0.3, -0.25) is 4.90 Å². The summed E-state index contributed by atoms with van der Waals surface area (Å²) >= 11 is 0. The number of nitrogens with one attached hydrogen (secondary N) is 2. The number of carbonyl (C=O) groups excluding carboxylic acids is 1. The van der Waals surface area contributed by atoms with Crippen LogP contribution in [0.25, 0.3) is 0 Å². The van der Waals surface area contributed by atoms with E-state index in [1.807, 2.05) is 18.2 Å². The van der Waals surface area contributed by atoms with Gasteiger partial charge >= 0.3 is 6.03 Å². The van der Waals surface area contributed by atoms with Crippen molar-refractivity contribution in [3.8, 4) is 11.5 Å². The van der Waals surface area contributed by atoms with Crippen LogP contribution in [0.2, 0.25) is 0 Å². The summed E-state index contributed by atoms with van der Waals surface area (Å²) < 4.78 is 16.2. The van der Waals surface area contributed by atoms with E-state index in [4.69, 9.17) is 14.2 Å². The third-order valence-electron chi connectivity index (χ3n) is 5.47. The molecule has 1 aromatic carbocycles. The van der Waals surface area contributed by atoms with Gasteiger partial charge in [-0.05, 0) is 23.6 Å². The van der Waals surface area contributed by atoms with Crippen molar-refractivity contribution in [1.82, 2.24) is 15.5 Å². The molecule has 2 aliphatic heterocycles. The molecule has 2 amide bonds. The Morgan fingerprint density at radius 2 is 1.85 bits per heavy atom. The van der Waals surface area contributed by atoms with Crippen LogP contribution in [0.4, 0.5) is 4.79 Å². The van der Waals surface area contributed by atoms with Crippen LogP contribution in [0.5, 0.6) is 11.5 Å². The topological polar surface area (TPSA) is 72.1 Å². The van der Waals surface area contributed by atoms with Crippen molar-refractivity contribution < 1.29 is 19.0 Å². The Hall–Kier alpha value is -1.99. The van der Waals surface area contributed by atoms with Gasteiger partial charge in [-0.25, -0.2) is 4.79 Å². The molecule has 0 radical (unpaired) electrons. The molecule has 0 aliphatic carbocycles. The fraction of sp³-hybridized carbons (Fsp3) is 0.650. The summed E-state index contributed by atoms with van der Waals surface area (Å²) in [5, 5.41) is 6.00. The quantitative estimate of drug-likeness (QED) is 0.728. The van der Waals surface area contributed by atoms with Crippen molar-refractivity contribution in [3.05, 3.63) is 23.8 Å². The van der Waals surface area contributed by atoms with Crippen LogP contribution in [0.1, 0.15) is 32.3 Å². The number of amides is 2. The molecule has 0 spiro atoms. The lowest BCUT2D eigenvalue weighted by atomic mass is 9.92. The summed E-state index contributed by atoms with van der Waals surface area (Å²) in [5.41, 5.74) is 0.985. The smallest absolute Gasteiger partial charge is 0.315 e. The zero-order valence-corrected chi connectivity index (χ0v) is 16.3. The average Bonchev–Trinajstić information content (AvgIpc) is 3.18. The number of hydrogen-bond acceptors (Lipinski definition) is 5. The van der Waals surface area contributed by atoms with E-state index in [-0.39, 0.29) is 12.8 Å². The molecule has 150 valence electrons. The first-order valence-electron chi connectivity index (χ1n) is 9.93. The van der Waals surface area contributed by atoms with E-state index >= 15 is 0 Å². The molecule has 7 nitrogen and oxygen atoms in total. The molecule has 2 aliphatic rings. The van der Waals surface area contributed by atoms with Gasteiger partial charge in [0, 0.05) is 32.2 Å². The molecule has 1 fully saturated rings. The summed E-state index contributed by atoms with van der Waals surface area (Å²) in [6.07, 6.45) is 2.22. The van der Waals surface area contributed by atoms with Gasteiger partial charge in [-0.2, -0.15) is 0 Å². The lowest BCUT2D eigenvalue weighted by Gasteiger charge is -2.38. The zero-order valence-electron chi connectivity index (χ0n) is 16.3. The summed E-state index contributed by atoms with van der Waals surface area (Å²) in [4.78, 5) is 14.8. The first kappa shape index (κ1) is 19.8. The molecule has 1 atom stereocenters. The zero-order chi connectivity index (χ0) is 19.1. The van der Waals surface area contributed by atoms with Gasteiger partial charge < -0.3 is 24.8 Å². The second-order valence-electron chi connectivity index (χ2n) is 7.04. The lowest BCUT2D eigenvalue weighted by molar-refractivity contribution is 0.00237. The number of urea groups is 1. The number of nitrogens with zero attached hydrogens (tertiary/aromatic N) is 1. The molecular formula is C20H31N3O4. The number of ether oxygens (including phenoxy) is 3. The molecule has 3 rings (SSSR count). The molecule has 2 heterocycles. The number of morpholine rings is 1. The Kier molecular flexibility index (Phi) is 7.18. The maximum atomic E-state index is 12.3. The number of rotatable bonds is 8. The molecule has 1 aromatic rings. The summed E-state index contributed by atoms with van der Waals surface area (Å²) in [6, 6.07) is 5.92. The highest BCUT2D eigenvalue weighted by Gasteiger charge is 2.27. The third-order valence-corrected chi connectivity index (χ3v) is 5.47. The Balaban J connectivity index is 1.49.